The van der Waals surface area contributed by atoms with E-state index in [-0.39, 0.29) is 12.6 Å². The number of nitrogens with two attached hydrogens (primary N) is 1. The van der Waals surface area contributed by atoms with E-state index in [9.17, 15) is 5.11 Å². The van der Waals surface area contributed by atoms with Crippen molar-refractivity contribution in [3.8, 4) is 11.3 Å². The van der Waals surface area contributed by atoms with Gasteiger partial charge in [0.1, 0.15) is 11.2 Å². The molecule has 10 heteroatoms. The number of nitrogens with zero attached hydrogens (tertiary/aromatic N) is 5. The lowest BCUT2D eigenvalue weighted by Crippen LogP contribution is -2.48. The van der Waals surface area contributed by atoms with Crippen molar-refractivity contribution in [2.24, 2.45) is 5.73 Å². The SMILES string of the molecule is Cc1nc2ccc(-c3[nH]nc4nc(N5C6CCC5CC(N)C6)c(CO)nc34)c(Cl)c2s1. The second-order valence-electron chi connectivity index (χ2n) is 8.45. The van der Waals surface area contributed by atoms with Crippen LogP contribution in [0.2, 0.25) is 5.02 Å². The normalized spacial score (nSPS) is 23.4. The largest absolute Gasteiger partial charge is 0.390 e. The van der Waals surface area contributed by atoms with Gasteiger partial charge in [-0.3, -0.25) is 5.10 Å². The molecule has 2 atom stereocenters. The van der Waals surface area contributed by atoms with Crippen molar-refractivity contribution >= 4 is 50.1 Å². The molecule has 5 heterocycles. The van der Waals surface area contributed by atoms with Gasteiger partial charge in [0.25, 0.3) is 0 Å². The van der Waals surface area contributed by atoms with Crippen LogP contribution in [0, 0.1) is 6.92 Å². The maximum Gasteiger partial charge on any atom is 0.202 e. The Kier molecular flexibility index (Phi) is 4.43. The van der Waals surface area contributed by atoms with E-state index in [2.05, 4.69) is 20.1 Å². The van der Waals surface area contributed by atoms with E-state index in [0.29, 0.717) is 39.7 Å². The first-order valence-electron chi connectivity index (χ1n) is 10.5. The predicted octanol–water partition coefficient (Wildman–Crippen LogP) is 3.54. The minimum atomic E-state index is -0.189. The number of aromatic nitrogens is 5. The van der Waals surface area contributed by atoms with Crippen LogP contribution in [0.25, 0.3) is 32.6 Å². The second-order valence-corrected chi connectivity index (χ2v) is 10.0. The second kappa shape index (κ2) is 7.09. The molecule has 0 amide bonds. The smallest absolute Gasteiger partial charge is 0.202 e. The zero-order valence-corrected chi connectivity index (χ0v) is 18.5. The molecule has 8 nitrogen and oxygen atoms in total. The predicted molar refractivity (Wildman–Crippen MR) is 122 cm³/mol. The van der Waals surface area contributed by atoms with Crippen LogP contribution in [-0.2, 0) is 6.61 Å². The van der Waals surface area contributed by atoms with Crippen LogP contribution < -0.4 is 10.6 Å². The van der Waals surface area contributed by atoms with E-state index in [1.165, 1.54) is 0 Å². The molecule has 160 valence electrons. The Balaban J connectivity index is 1.49. The maximum absolute atomic E-state index is 10.1. The molecule has 2 bridgehead atoms. The first-order chi connectivity index (χ1) is 15.0. The summed E-state index contributed by atoms with van der Waals surface area (Å²) >= 11 is 8.30. The fraction of sp³-hybridized carbons (Fsp3) is 0.429. The summed E-state index contributed by atoms with van der Waals surface area (Å²) in [4.78, 5) is 16.5. The van der Waals surface area contributed by atoms with Gasteiger partial charge in [0, 0.05) is 23.7 Å². The third-order valence-electron chi connectivity index (χ3n) is 6.48. The molecule has 2 saturated heterocycles. The van der Waals surface area contributed by atoms with E-state index in [0.717, 1.165) is 52.3 Å². The molecular formula is C21H22ClN7OS. The number of nitrogens with one attached hydrogen (secondary N) is 1. The lowest BCUT2D eigenvalue weighted by molar-refractivity contribution is 0.276. The van der Waals surface area contributed by atoms with E-state index < -0.39 is 0 Å². The molecule has 0 spiro atoms. The summed E-state index contributed by atoms with van der Waals surface area (Å²) < 4.78 is 0.938. The highest BCUT2D eigenvalue weighted by atomic mass is 35.5. The van der Waals surface area contributed by atoms with Gasteiger partial charge in [0.15, 0.2) is 5.82 Å². The van der Waals surface area contributed by atoms with Crippen molar-refractivity contribution in [1.29, 1.82) is 0 Å². The average molecular weight is 456 g/mol. The van der Waals surface area contributed by atoms with Gasteiger partial charge in [0.05, 0.1) is 32.5 Å². The molecule has 2 unspecified atom stereocenters. The van der Waals surface area contributed by atoms with Gasteiger partial charge in [-0.15, -0.1) is 11.3 Å². The number of rotatable bonds is 3. The number of piperidine rings is 1. The van der Waals surface area contributed by atoms with Crippen molar-refractivity contribution < 1.29 is 5.11 Å². The number of aliphatic hydroxyl groups excluding tert-OH is 1. The Labute approximate surface area is 187 Å². The summed E-state index contributed by atoms with van der Waals surface area (Å²) in [5, 5.41) is 19.2. The lowest BCUT2D eigenvalue weighted by atomic mass is 9.98. The zero-order valence-electron chi connectivity index (χ0n) is 17.0. The van der Waals surface area contributed by atoms with Crippen LogP contribution in [0.3, 0.4) is 0 Å². The quantitative estimate of drug-likeness (QED) is 0.432. The molecule has 3 aromatic heterocycles. The van der Waals surface area contributed by atoms with Crippen LogP contribution in [-0.4, -0.2) is 48.4 Å². The molecule has 2 fully saturated rings. The van der Waals surface area contributed by atoms with Crippen LogP contribution >= 0.6 is 22.9 Å². The van der Waals surface area contributed by atoms with Gasteiger partial charge < -0.3 is 15.7 Å². The van der Waals surface area contributed by atoms with E-state index in [1.54, 1.807) is 11.3 Å². The number of hydrogen-bond donors (Lipinski definition) is 3. The fourth-order valence-electron chi connectivity index (χ4n) is 5.19. The van der Waals surface area contributed by atoms with Crippen LogP contribution in [0.15, 0.2) is 12.1 Å². The summed E-state index contributed by atoms with van der Waals surface area (Å²) in [6.45, 7) is 1.78. The molecule has 4 N–H and O–H groups in total. The molecule has 6 rings (SSSR count). The van der Waals surface area contributed by atoms with E-state index in [1.807, 2.05) is 19.1 Å². The Morgan fingerprint density at radius 3 is 2.74 bits per heavy atom. The summed E-state index contributed by atoms with van der Waals surface area (Å²) in [5.74, 6) is 0.729. The monoisotopic (exact) mass is 455 g/mol. The number of aromatic amines is 1. The standard InChI is InChI=1S/C21H22ClN7OS/c1-9-24-14-5-4-13(16(22)19(14)31-9)17-18-20(28-27-17)26-21(15(8-30)25-18)29-11-2-3-12(29)7-10(23)6-11/h4-5,10-12,30H,2-3,6-8,23H2,1H3,(H,26,27,28). The first kappa shape index (κ1) is 19.4. The molecule has 0 radical (unpaired) electrons. The molecule has 4 aromatic rings. The number of thiazole rings is 1. The Bertz CT molecular complexity index is 1300. The van der Waals surface area contributed by atoms with Gasteiger partial charge in [-0.1, -0.05) is 11.6 Å². The average Bonchev–Trinajstić information content (AvgIpc) is 3.41. The number of H-pyrrole nitrogens is 1. The molecule has 0 aliphatic carbocycles. The van der Waals surface area contributed by atoms with Crippen LogP contribution in [0.4, 0.5) is 5.82 Å². The summed E-state index contributed by atoms with van der Waals surface area (Å²) in [6.07, 6.45) is 4.07. The van der Waals surface area contributed by atoms with Gasteiger partial charge in [-0.05, 0) is 44.7 Å². The number of hydrogen-bond acceptors (Lipinski definition) is 8. The van der Waals surface area contributed by atoms with Crippen molar-refractivity contribution in [3.05, 3.63) is 27.9 Å². The summed E-state index contributed by atoms with van der Waals surface area (Å²) in [6, 6.07) is 4.80. The van der Waals surface area contributed by atoms with Gasteiger partial charge in [-0.2, -0.15) is 5.10 Å². The highest BCUT2D eigenvalue weighted by Gasteiger charge is 2.41. The molecule has 0 saturated carbocycles. The third kappa shape index (κ3) is 2.95. The Morgan fingerprint density at radius 2 is 2.00 bits per heavy atom. The van der Waals surface area contributed by atoms with Crippen molar-refractivity contribution in [2.75, 3.05) is 4.90 Å². The van der Waals surface area contributed by atoms with Crippen molar-refractivity contribution in [3.63, 3.8) is 0 Å². The number of benzene rings is 1. The van der Waals surface area contributed by atoms with Crippen LogP contribution in [0.1, 0.15) is 36.4 Å². The Hall–Kier alpha value is -2.33. The first-order valence-corrected chi connectivity index (χ1v) is 11.7. The third-order valence-corrected chi connectivity index (χ3v) is 7.98. The number of halogens is 1. The number of fused-ring (bicyclic) bond motifs is 4. The van der Waals surface area contributed by atoms with E-state index >= 15 is 0 Å². The van der Waals surface area contributed by atoms with Crippen molar-refractivity contribution in [2.45, 2.75) is 57.3 Å². The summed E-state index contributed by atoms with van der Waals surface area (Å²) in [7, 11) is 0. The zero-order chi connectivity index (χ0) is 21.3. The highest BCUT2D eigenvalue weighted by molar-refractivity contribution is 7.19. The van der Waals surface area contributed by atoms with Crippen LogP contribution in [0.5, 0.6) is 0 Å². The fourth-order valence-corrected chi connectivity index (χ4v) is 6.42. The molecule has 31 heavy (non-hydrogen) atoms. The Morgan fingerprint density at radius 1 is 1.23 bits per heavy atom. The highest BCUT2D eigenvalue weighted by Crippen LogP contribution is 2.41. The minimum absolute atomic E-state index is 0.189. The lowest BCUT2D eigenvalue weighted by Gasteiger charge is -2.39. The maximum atomic E-state index is 10.1. The molecule has 2 aliphatic rings. The number of aliphatic hydroxyl groups is 1. The number of anilines is 1. The van der Waals surface area contributed by atoms with Crippen molar-refractivity contribution in [1.82, 2.24) is 25.1 Å². The molecular weight excluding hydrogens is 434 g/mol. The molecule has 1 aromatic carbocycles. The van der Waals surface area contributed by atoms with Gasteiger partial charge >= 0.3 is 0 Å². The van der Waals surface area contributed by atoms with E-state index in [4.69, 9.17) is 27.3 Å². The topological polar surface area (TPSA) is 117 Å². The van der Waals surface area contributed by atoms with Gasteiger partial charge in [-0.25, -0.2) is 15.0 Å². The molecule has 2 aliphatic heterocycles. The number of aryl methyl sites for hydroxylation is 1. The minimum Gasteiger partial charge on any atom is -0.390 e. The summed E-state index contributed by atoms with van der Waals surface area (Å²) in [5.41, 5.74) is 10.3. The van der Waals surface area contributed by atoms with Gasteiger partial charge in [0.2, 0.25) is 5.65 Å².